The molecule has 1 aromatic heterocycles. The summed E-state index contributed by atoms with van der Waals surface area (Å²) < 4.78 is 32.3. The molecule has 1 atom stereocenters. The van der Waals surface area contributed by atoms with Crippen LogP contribution in [0, 0.1) is 0 Å². The lowest BCUT2D eigenvalue weighted by Crippen LogP contribution is -2.26. The van der Waals surface area contributed by atoms with Crippen LogP contribution < -0.4 is 4.31 Å². The minimum absolute atomic E-state index is 0.0355. The quantitative estimate of drug-likeness (QED) is 0.324. The van der Waals surface area contributed by atoms with Gasteiger partial charge in [0.15, 0.2) is 6.10 Å². The molecule has 8 heteroatoms. The largest absolute Gasteiger partial charge is 0.451 e. The van der Waals surface area contributed by atoms with Crippen molar-refractivity contribution in [2.45, 2.75) is 17.9 Å². The zero-order valence-corrected chi connectivity index (χ0v) is 18.9. The molecule has 0 aliphatic carbocycles. The standard InChI is InChI=1S/C25H22N2O5S/c1-17(24(28)22-16-26-23-11-7-6-10-21(22)23)32-25(29)18-12-14-20(15-13-18)33(30,31)27(2)19-8-4-3-5-9-19/h3-17,26H,1-2H3. The van der Waals surface area contributed by atoms with Crippen LogP contribution in [0.3, 0.4) is 0 Å². The highest BCUT2D eigenvalue weighted by Crippen LogP contribution is 2.23. The van der Waals surface area contributed by atoms with Crippen molar-refractivity contribution in [2.24, 2.45) is 0 Å². The molecule has 168 valence electrons. The molecule has 0 spiro atoms. The van der Waals surface area contributed by atoms with E-state index in [0.717, 1.165) is 10.9 Å². The molecule has 0 aliphatic rings. The Bertz CT molecular complexity index is 1410. The van der Waals surface area contributed by atoms with Crippen molar-refractivity contribution in [3.05, 3.63) is 96.2 Å². The number of nitrogens with one attached hydrogen (secondary N) is 1. The number of fused-ring (bicyclic) bond motifs is 1. The predicted octanol–water partition coefficient (Wildman–Crippen LogP) is 4.42. The zero-order chi connectivity index (χ0) is 23.6. The number of benzene rings is 3. The summed E-state index contributed by atoms with van der Waals surface area (Å²) >= 11 is 0. The molecule has 1 unspecified atom stereocenters. The van der Waals surface area contributed by atoms with E-state index >= 15 is 0 Å². The van der Waals surface area contributed by atoms with Gasteiger partial charge < -0.3 is 9.72 Å². The summed E-state index contributed by atoms with van der Waals surface area (Å²) in [5, 5.41) is 0.752. The number of carbonyl (C=O) groups is 2. The van der Waals surface area contributed by atoms with Crippen molar-refractivity contribution >= 4 is 38.4 Å². The molecule has 0 aliphatic heterocycles. The fourth-order valence-corrected chi connectivity index (χ4v) is 4.67. The molecule has 0 saturated heterocycles. The molecule has 0 fully saturated rings. The summed E-state index contributed by atoms with van der Waals surface area (Å²) in [5.41, 5.74) is 1.92. The summed E-state index contributed by atoms with van der Waals surface area (Å²) in [6, 6.07) is 21.5. The van der Waals surface area contributed by atoms with Crippen LogP contribution >= 0.6 is 0 Å². The number of anilines is 1. The number of carbonyl (C=O) groups excluding carboxylic acids is 2. The number of aromatic amines is 1. The number of hydrogen-bond donors (Lipinski definition) is 1. The summed E-state index contributed by atoms with van der Waals surface area (Å²) in [6.07, 6.45) is 0.588. The predicted molar refractivity (Wildman–Crippen MR) is 126 cm³/mol. The third kappa shape index (κ3) is 4.38. The topological polar surface area (TPSA) is 96.5 Å². The summed E-state index contributed by atoms with van der Waals surface area (Å²) in [4.78, 5) is 28.4. The average Bonchev–Trinajstić information content (AvgIpc) is 3.27. The van der Waals surface area contributed by atoms with E-state index in [1.807, 2.05) is 24.3 Å². The molecule has 1 N–H and O–H groups in total. The van der Waals surface area contributed by atoms with Crippen molar-refractivity contribution in [3.8, 4) is 0 Å². The van der Waals surface area contributed by atoms with Crippen molar-refractivity contribution in [3.63, 3.8) is 0 Å². The minimum Gasteiger partial charge on any atom is -0.451 e. The van der Waals surface area contributed by atoms with Gasteiger partial charge in [-0.05, 0) is 49.4 Å². The smallest absolute Gasteiger partial charge is 0.338 e. The van der Waals surface area contributed by atoms with E-state index < -0.39 is 22.1 Å². The van der Waals surface area contributed by atoms with Gasteiger partial charge in [0.25, 0.3) is 10.0 Å². The number of para-hydroxylation sites is 2. The first-order chi connectivity index (χ1) is 15.8. The van der Waals surface area contributed by atoms with Crippen LogP contribution in [-0.4, -0.2) is 38.3 Å². The van der Waals surface area contributed by atoms with Crippen LogP contribution in [0.2, 0.25) is 0 Å². The van der Waals surface area contributed by atoms with Crippen LogP contribution in [0.5, 0.6) is 0 Å². The van der Waals surface area contributed by atoms with Crippen molar-refractivity contribution in [1.82, 2.24) is 4.98 Å². The zero-order valence-electron chi connectivity index (χ0n) is 18.1. The Morgan fingerprint density at radius 1 is 0.909 bits per heavy atom. The van der Waals surface area contributed by atoms with Crippen molar-refractivity contribution in [2.75, 3.05) is 11.4 Å². The molecule has 7 nitrogen and oxygen atoms in total. The van der Waals surface area contributed by atoms with Gasteiger partial charge in [0.2, 0.25) is 5.78 Å². The normalized spacial score (nSPS) is 12.3. The molecule has 0 bridgehead atoms. The maximum atomic E-state index is 12.9. The average molecular weight is 463 g/mol. The van der Waals surface area contributed by atoms with Gasteiger partial charge in [0, 0.05) is 29.7 Å². The van der Waals surface area contributed by atoms with Crippen molar-refractivity contribution < 1.29 is 22.7 Å². The molecule has 33 heavy (non-hydrogen) atoms. The van der Waals surface area contributed by atoms with Gasteiger partial charge >= 0.3 is 5.97 Å². The van der Waals surface area contributed by atoms with E-state index in [1.165, 1.54) is 42.5 Å². The summed E-state index contributed by atoms with van der Waals surface area (Å²) in [6.45, 7) is 1.51. The van der Waals surface area contributed by atoms with Crippen LogP contribution in [0.4, 0.5) is 5.69 Å². The van der Waals surface area contributed by atoms with E-state index in [1.54, 1.807) is 36.5 Å². The molecular weight excluding hydrogens is 440 g/mol. The number of nitrogens with zero attached hydrogens (tertiary/aromatic N) is 1. The third-order valence-electron chi connectivity index (χ3n) is 5.38. The third-order valence-corrected chi connectivity index (χ3v) is 7.18. The van der Waals surface area contributed by atoms with Crippen LogP contribution in [0.1, 0.15) is 27.6 Å². The molecule has 4 aromatic rings. The lowest BCUT2D eigenvalue weighted by atomic mass is 10.1. The SMILES string of the molecule is CC(OC(=O)c1ccc(S(=O)(=O)N(C)c2ccccc2)cc1)C(=O)c1c[nH]c2ccccc12. The number of Topliss-reactive ketones (excluding diaryl/α,β-unsaturated/α-hetero) is 1. The fraction of sp³-hybridized carbons (Fsp3) is 0.120. The van der Waals surface area contributed by atoms with E-state index in [9.17, 15) is 18.0 Å². The van der Waals surface area contributed by atoms with Gasteiger partial charge in [-0.1, -0.05) is 36.4 Å². The molecule has 4 rings (SSSR count). The highest BCUT2D eigenvalue weighted by Gasteiger charge is 2.24. The molecule has 3 aromatic carbocycles. The Morgan fingerprint density at radius 2 is 1.55 bits per heavy atom. The molecule has 1 heterocycles. The molecule has 0 radical (unpaired) electrons. The lowest BCUT2D eigenvalue weighted by Gasteiger charge is -2.19. The lowest BCUT2D eigenvalue weighted by molar-refractivity contribution is 0.0319. The second kappa shape index (κ2) is 8.91. The fourth-order valence-electron chi connectivity index (χ4n) is 3.47. The van der Waals surface area contributed by atoms with Gasteiger partial charge in [-0.2, -0.15) is 0 Å². The summed E-state index contributed by atoms with van der Waals surface area (Å²) in [7, 11) is -2.33. The van der Waals surface area contributed by atoms with Crippen LogP contribution in [0.25, 0.3) is 10.9 Å². The highest BCUT2D eigenvalue weighted by atomic mass is 32.2. The number of hydrogen-bond acceptors (Lipinski definition) is 5. The van der Waals surface area contributed by atoms with Crippen molar-refractivity contribution in [1.29, 1.82) is 0 Å². The van der Waals surface area contributed by atoms with Gasteiger partial charge in [0.1, 0.15) is 0 Å². The first kappa shape index (κ1) is 22.3. The second-order valence-electron chi connectivity index (χ2n) is 7.49. The van der Waals surface area contributed by atoms with Crippen LogP contribution in [-0.2, 0) is 14.8 Å². The highest BCUT2D eigenvalue weighted by molar-refractivity contribution is 7.92. The Balaban J connectivity index is 1.47. The summed E-state index contributed by atoms with van der Waals surface area (Å²) in [5.74, 6) is -1.04. The number of esters is 1. The molecule has 0 amide bonds. The number of H-pyrrole nitrogens is 1. The van der Waals surface area contributed by atoms with E-state index in [4.69, 9.17) is 4.74 Å². The number of ether oxygens (including phenoxy) is 1. The van der Waals surface area contributed by atoms with Gasteiger partial charge in [0.05, 0.1) is 16.1 Å². The molecule has 0 saturated carbocycles. The number of aromatic nitrogens is 1. The van der Waals surface area contributed by atoms with Gasteiger partial charge in [-0.15, -0.1) is 0 Å². The Morgan fingerprint density at radius 3 is 2.24 bits per heavy atom. The monoisotopic (exact) mass is 462 g/mol. The van der Waals surface area contributed by atoms with E-state index in [0.29, 0.717) is 11.3 Å². The van der Waals surface area contributed by atoms with Gasteiger partial charge in [-0.3, -0.25) is 9.10 Å². The minimum atomic E-state index is -3.80. The number of sulfonamides is 1. The van der Waals surface area contributed by atoms with E-state index in [-0.39, 0.29) is 16.2 Å². The number of ketones is 1. The number of rotatable bonds is 7. The van der Waals surface area contributed by atoms with Crippen LogP contribution in [0.15, 0.2) is 90.0 Å². The second-order valence-corrected chi connectivity index (χ2v) is 9.46. The maximum absolute atomic E-state index is 12.9. The van der Waals surface area contributed by atoms with E-state index in [2.05, 4.69) is 4.98 Å². The first-order valence-corrected chi connectivity index (χ1v) is 11.7. The van der Waals surface area contributed by atoms with Gasteiger partial charge in [-0.25, -0.2) is 13.2 Å². The molecular formula is C25H22N2O5S. The maximum Gasteiger partial charge on any atom is 0.338 e. The Kier molecular flexibility index (Phi) is 6.02. The first-order valence-electron chi connectivity index (χ1n) is 10.2. The Hall–Kier alpha value is -3.91. The Labute approximate surface area is 191 Å².